The normalized spacial score (nSPS) is 15.4. The summed E-state index contributed by atoms with van der Waals surface area (Å²) in [6.45, 7) is 5.75. The summed E-state index contributed by atoms with van der Waals surface area (Å²) in [5.74, 6) is 1.17. The van der Waals surface area contributed by atoms with Crippen LogP contribution in [0.25, 0.3) is 10.9 Å². The summed E-state index contributed by atoms with van der Waals surface area (Å²) in [6, 6.07) is 18.3. The molecule has 4 rings (SSSR count). The number of carbonyl (C=O) groups is 1. The molecule has 0 radical (unpaired) electrons. The van der Waals surface area contributed by atoms with E-state index in [0.717, 1.165) is 40.3 Å². The number of morpholine rings is 1. The van der Waals surface area contributed by atoms with E-state index in [4.69, 9.17) is 9.47 Å². The first-order valence-electron chi connectivity index (χ1n) is 10.9. The van der Waals surface area contributed by atoms with Gasteiger partial charge in [0.2, 0.25) is 5.91 Å². The third-order valence-electron chi connectivity index (χ3n) is 5.73. The highest BCUT2D eigenvalue weighted by Crippen LogP contribution is 2.25. The van der Waals surface area contributed by atoms with E-state index in [0.29, 0.717) is 25.5 Å². The lowest BCUT2D eigenvalue weighted by molar-refractivity contribution is -0.118. The smallest absolute Gasteiger partial charge is 0.230 e. The van der Waals surface area contributed by atoms with E-state index in [1.807, 2.05) is 36.4 Å². The Morgan fingerprint density at radius 1 is 1.19 bits per heavy atom. The van der Waals surface area contributed by atoms with Crippen LogP contribution in [0.5, 0.6) is 5.75 Å². The Hall–Kier alpha value is -2.61. The second-order valence-corrected chi connectivity index (χ2v) is 8.82. The Kier molecular flexibility index (Phi) is 7.63. The molecule has 7 heteroatoms. The van der Waals surface area contributed by atoms with Crippen LogP contribution in [-0.2, 0) is 9.53 Å². The van der Waals surface area contributed by atoms with Gasteiger partial charge < -0.3 is 14.8 Å². The third-order valence-corrected chi connectivity index (χ3v) is 6.64. The second-order valence-electron chi connectivity index (χ2n) is 7.82. The minimum absolute atomic E-state index is 0.00869. The summed E-state index contributed by atoms with van der Waals surface area (Å²) in [7, 11) is 1.66. The van der Waals surface area contributed by atoms with Crippen molar-refractivity contribution in [3.63, 3.8) is 0 Å². The maximum Gasteiger partial charge on any atom is 0.230 e. The molecular weight excluding hydrogens is 422 g/mol. The monoisotopic (exact) mass is 451 g/mol. The molecular formula is C25H29N3O3S. The SMILES string of the molecule is COc1ccc([C@@H](CNC(=O)CSc2cc(C)c3ccccc3n2)N2CCOCC2)cc1. The fraction of sp³-hybridized carbons (Fsp3) is 0.360. The second kappa shape index (κ2) is 10.8. The van der Waals surface area contributed by atoms with Crippen LogP contribution < -0.4 is 10.1 Å². The minimum Gasteiger partial charge on any atom is -0.497 e. The van der Waals surface area contributed by atoms with Crippen LogP contribution in [0.2, 0.25) is 0 Å². The zero-order chi connectivity index (χ0) is 22.3. The van der Waals surface area contributed by atoms with Crippen LogP contribution >= 0.6 is 11.8 Å². The number of benzene rings is 2. The molecule has 6 nitrogen and oxygen atoms in total. The molecule has 1 fully saturated rings. The highest BCUT2D eigenvalue weighted by Gasteiger charge is 2.23. The molecule has 1 aromatic heterocycles. The number of para-hydroxylation sites is 1. The number of rotatable bonds is 8. The average Bonchev–Trinajstić information content (AvgIpc) is 2.84. The molecule has 2 heterocycles. The number of hydrogen-bond acceptors (Lipinski definition) is 6. The fourth-order valence-corrected chi connectivity index (χ4v) is 4.77. The molecule has 2 aromatic carbocycles. The molecule has 0 spiro atoms. The van der Waals surface area contributed by atoms with E-state index in [9.17, 15) is 4.79 Å². The number of ether oxygens (including phenoxy) is 2. The molecule has 32 heavy (non-hydrogen) atoms. The topological polar surface area (TPSA) is 63.7 Å². The number of aromatic nitrogens is 1. The first-order chi connectivity index (χ1) is 15.6. The van der Waals surface area contributed by atoms with Crippen molar-refractivity contribution in [2.24, 2.45) is 0 Å². The van der Waals surface area contributed by atoms with Crippen LogP contribution in [0.15, 0.2) is 59.6 Å². The summed E-state index contributed by atoms with van der Waals surface area (Å²) < 4.78 is 10.8. The van der Waals surface area contributed by atoms with E-state index in [1.54, 1.807) is 7.11 Å². The van der Waals surface area contributed by atoms with Gasteiger partial charge in [-0.1, -0.05) is 42.1 Å². The largest absolute Gasteiger partial charge is 0.497 e. The number of methoxy groups -OCH3 is 1. The van der Waals surface area contributed by atoms with Crippen LogP contribution in [-0.4, -0.2) is 61.5 Å². The van der Waals surface area contributed by atoms with E-state index in [-0.39, 0.29) is 11.9 Å². The van der Waals surface area contributed by atoms with Crippen molar-refractivity contribution in [1.82, 2.24) is 15.2 Å². The van der Waals surface area contributed by atoms with Gasteiger partial charge in [0.05, 0.1) is 42.7 Å². The molecule has 1 N–H and O–H groups in total. The van der Waals surface area contributed by atoms with Gasteiger partial charge in [-0.05, 0) is 42.3 Å². The number of nitrogens with zero attached hydrogens (tertiary/aromatic N) is 2. The molecule has 0 aliphatic carbocycles. The van der Waals surface area contributed by atoms with Crippen molar-refractivity contribution in [2.45, 2.75) is 18.0 Å². The Morgan fingerprint density at radius 3 is 2.69 bits per heavy atom. The van der Waals surface area contributed by atoms with Gasteiger partial charge >= 0.3 is 0 Å². The summed E-state index contributed by atoms with van der Waals surface area (Å²) in [6.07, 6.45) is 0. The van der Waals surface area contributed by atoms with Crippen LogP contribution in [0.1, 0.15) is 17.2 Å². The van der Waals surface area contributed by atoms with Gasteiger partial charge in [0.1, 0.15) is 5.75 Å². The maximum absolute atomic E-state index is 12.7. The lowest BCUT2D eigenvalue weighted by Crippen LogP contribution is -2.44. The Morgan fingerprint density at radius 2 is 1.94 bits per heavy atom. The number of amides is 1. The number of carbonyl (C=O) groups excluding carboxylic acids is 1. The summed E-state index contributed by atoms with van der Waals surface area (Å²) in [5, 5.41) is 5.15. The third kappa shape index (κ3) is 5.59. The van der Waals surface area contributed by atoms with Gasteiger partial charge in [0.15, 0.2) is 0 Å². The maximum atomic E-state index is 12.7. The lowest BCUT2D eigenvalue weighted by Gasteiger charge is -2.35. The number of pyridine rings is 1. The number of fused-ring (bicyclic) bond motifs is 1. The van der Waals surface area contributed by atoms with Crippen LogP contribution in [0.4, 0.5) is 0 Å². The lowest BCUT2D eigenvalue weighted by atomic mass is 10.0. The predicted molar refractivity (Wildman–Crippen MR) is 128 cm³/mol. The number of hydrogen-bond donors (Lipinski definition) is 1. The zero-order valence-corrected chi connectivity index (χ0v) is 19.4. The first-order valence-corrected chi connectivity index (χ1v) is 11.8. The molecule has 0 bridgehead atoms. The van der Waals surface area contributed by atoms with Crippen molar-refractivity contribution in [3.05, 3.63) is 65.7 Å². The van der Waals surface area contributed by atoms with E-state index in [2.05, 4.69) is 40.3 Å². The summed E-state index contributed by atoms with van der Waals surface area (Å²) in [5.41, 5.74) is 3.29. The number of aryl methyl sites for hydroxylation is 1. The van der Waals surface area contributed by atoms with Crippen molar-refractivity contribution >= 4 is 28.6 Å². The van der Waals surface area contributed by atoms with Gasteiger partial charge in [0, 0.05) is 25.0 Å². The zero-order valence-electron chi connectivity index (χ0n) is 18.5. The standard InChI is InChI=1S/C25H29N3O3S/c1-18-15-25(27-22-6-4-3-5-21(18)22)32-17-24(29)26-16-23(28-11-13-31-14-12-28)19-7-9-20(30-2)10-8-19/h3-10,15,23H,11-14,16-17H2,1-2H3,(H,26,29)/t23-/m1/s1. The Balaban J connectivity index is 1.38. The van der Waals surface area contributed by atoms with Crippen molar-refractivity contribution < 1.29 is 14.3 Å². The molecule has 1 aliphatic rings. The van der Waals surface area contributed by atoms with Crippen molar-refractivity contribution in [2.75, 3.05) is 45.7 Å². The van der Waals surface area contributed by atoms with E-state index in [1.165, 1.54) is 17.3 Å². The summed E-state index contributed by atoms with van der Waals surface area (Å²) >= 11 is 1.47. The molecule has 1 atom stereocenters. The van der Waals surface area contributed by atoms with E-state index < -0.39 is 0 Å². The van der Waals surface area contributed by atoms with Gasteiger partial charge in [0.25, 0.3) is 0 Å². The molecule has 168 valence electrons. The molecule has 0 saturated carbocycles. The average molecular weight is 452 g/mol. The first kappa shape index (κ1) is 22.6. The molecule has 1 amide bonds. The predicted octanol–water partition coefficient (Wildman–Crippen LogP) is 3.83. The van der Waals surface area contributed by atoms with Gasteiger partial charge in [-0.2, -0.15) is 0 Å². The van der Waals surface area contributed by atoms with Gasteiger partial charge in [-0.25, -0.2) is 4.98 Å². The molecule has 0 unspecified atom stereocenters. The Bertz CT molecular complexity index is 1050. The quantitative estimate of drug-likeness (QED) is 0.525. The van der Waals surface area contributed by atoms with Crippen molar-refractivity contribution in [1.29, 1.82) is 0 Å². The Labute approximate surface area is 193 Å². The molecule has 3 aromatic rings. The van der Waals surface area contributed by atoms with Gasteiger partial charge in [-0.15, -0.1) is 0 Å². The highest BCUT2D eigenvalue weighted by molar-refractivity contribution is 7.99. The molecule has 1 aliphatic heterocycles. The number of thioether (sulfide) groups is 1. The van der Waals surface area contributed by atoms with Crippen LogP contribution in [0.3, 0.4) is 0 Å². The van der Waals surface area contributed by atoms with E-state index >= 15 is 0 Å². The van der Waals surface area contributed by atoms with Crippen molar-refractivity contribution in [3.8, 4) is 5.75 Å². The molecule has 1 saturated heterocycles. The van der Waals surface area contributed by atoms with Crippen LogP contribution in [0, 0.1) is 6.92 Å². The minimum atomic E-state index is 0.00869. The van der Waals surface area contributed by atoms with Gasteiger partial charge in [-0.3, -0.25) is 9.69 Å². The number of nitrogens with one attached hydrogen (secondary N) is 1. The highest BCUT2D eigenvalue weighted by atomic mass is 32.2. The summed E-state index contributed by atoms with van der Waals surface area (Å²) in [4.78, 5) is 19.7. The fourth-order valence-electron chi connectivity index (χ4n) is 3.97.